The molecule has 1 amide bonds. The zero-order valence-electron chi connectivity index (χ0n) is 10.9. The van der Waals surface area contributed by atoms with Gasteiger partial charge in [-0.25, -0.2) is 4.79 Å². The number of carbonyl (C=O) groups is 2. The van der Waals surface area contributed by atoms with Gasteiger partial charge in [0.15, 0.2) is 0 Å². The molecule has 0 spiro atoms. The minimum absolute atomic E-state index is 0.0775. The molecule has 114 valence electrons. The van der Waals surface area contributed by atoms with Crippen LogP contribution in [-0.4, -0.2) is 36.6 Å². The average molecular weight is 366 g/mol. The molecule has 2 rings (SSSR count). The Labute approximate surface area is 127 Å². The third kappa shape index (κ3) is 2.90. The van der Waals surface area contributed by atoms with Gasteiger partial charge in [-0.3, -0.25) is 4.79 Å². The molecule has 1 aromatic carbocycles. The number of alkyl halides is 4. The van der Waals surface area contributed by atoms with Gasteiger partial charge in [-0.15, -0.1) is 0 Å². The Bertz CT molecular complexity index is 589. The summed E-state index contributed by atoms with van der Waals surface area (Å²) < 4.78 is 42.4. The summed E-state index contributed by atoms with van der Waals surface area (Å²) in [5.74, 6) is -2.59. The van der Waals surface area contributed by atoms with Gasteiger partial charge in [0, 0.05) is 12.1 Å². The summed E-state index contributed by atoms with van der Waals surface area (Å²) in [4.78, 5) is 22.8. The molecule has 1 aliphatic heterocycles. The number of methoxy groups -OCH3 is 1. The molecule has 1 atom stereocenters. The number of nitrogens with zero attached hydrogens (tertiary/aromatic N) is 1. The van der Waals surface area contributed by atoms with E-state index in [1.165, 1.54) is 13.2 Å². The largest absolute Gasteiger partial charge is 0.471 e. The Kier molecular flexibility index (Phi) is 4.27. The van der Waals surface area contributed by atoms with Crippen LogP contribution in [0.5, 0.6) is 0 Å². The summed E-state index contributed by atoms with van der Waals surface area (Å²) in [5.41, 5.74) is 1.20. The van der Waals surface area contributed by atoms with Crippen molar-refractivity contribution in [3.63, 3.8) is 0 Å². The van der Waals surface area contributed by atoms with Crippen molar-refractivity contribution in [2.24, 2.45) is 0 Å². The van der Waals surface area contributed by atoms with Gasteiger partial charge in [-0.2, -0.15) is 13.2 Å². The van der Waals surface area contributed by atoms with E-state index in [1.54, 1.807) is 12.1 Å². The smallest absolute Gasteiger partial charge is 0.465 e. The van der Waals surface area contributed by atoms with Crippen LogP contribution in [0.2, 0.25) is 0 Å². The fourth-order valence-corrected chi connectivity index (χ4v) is 3.21. The van der Waals surface area contributed by atoms with Gasteiger partial charge in [0.05, 0.1) is 12.7 Å². The molecule has 0 saturated heterocycles. The maximum absolute atomic E-state index is 12.6. The molecule has 1 aliphatic rings. The van der Waals surface area contributed by atoms with E-state index in [0.29, 0.717) is 16.0 Å². The van der Waals surface area contributed by atoms with E-state index < -0.39 is 23.0 Å². The second kappa shape index (κ2) is 5.67. The summed E-state index contributed by atoms with van der Waals surface area (Å²) in [7, 11) is 1.19. The summed E-state index contributed by atoms with van der Waals surface area (Å²) >= 11 is 3.09. The lowest BCUT2D eigenvalue weighted by Gasteiger charge is -2.35. The van der Waals surface area contributed by atoms with E-state index in [4.69, 9.17) is 0 Å². The molecule has 0 fully saturated rings. The first-order chi connectivity index (χ1) is 9.77. The molecule has 0 radical (unpaired) electrons. The maximum Gasteiger partial charge on any atom is 0.471 e. The van der Waals surface area contributed by atoms with Crippen molar-refractivity contribution >= 4 is 27.8 Å². The molecule has 1 unspecified atom stereocenters. The minimum Gasteiger partial charge on any atom is -0.465 e. The third-order valence-corrected chi connectivity index (χ3v) is 4.19. The number of fused-ring (bicyclic) bond motifs is 1. The molecule has 21 heavy (non-hydrogen) atoms. The number of hydrogen-bond donors (Lipinski definition) is 0. The number of rotatable bonds is 1. The van der Waals surface area contributed by atoms with Crippen molar-refractivity contribution in [1.82, 2.24) is 4.90 Å². The summed E-state index contributed by atoms with van der Waals surface area (Å²) in [6, 6.07) is 4.80. The topological polar surface area (TPSA) is 46.6 Å². The van der Waals surface area contributed by atoms with E-state index in [9.17, 15) is 22.8 Å². The fraction of sp³-hybridized carbons (Fsp3) is 0.385. The Balaban J connectivity index is 2.45. The van der Waals surface area contributed by atoms with Gasteiger partial charge < -0.3 is 9.64 Å². The predicted molar refractivity (Wildman–Crippen MR) is 70.9 cm³/mol. The van der Waals surface area contributed by atoms with E-state index in [2.05, 4.69) is 20.7 Å². The van der Waals surface area contributed by atoms with Crippen LogP contribution in [0.1, 0.15) is 26.4 Å². The standard InChI is InChI=1S/C13H11BrF3NO3/c1-21-11(19)8-4-2-3-7-5-6-18(10(14)9(7)8)12(20)13(15,16)17/h2-4,10H,5-6H2,1H3. The Hall–Kier alpha value is -1.57. The molecule has 0 aromatic heterocycles. The second-order valence-electron chi connectivity index (χ2n) is 4.45. The van der Waals surface area contributed by atoms with E-state index >= 15 is 0 Å². The van der Waals surface area contributed by atoms with Crippen molar-refractivity contribution in [2.45, 2.75) is 17.5 Å². The summed E-state index contributed by atoms with van der Waals surface area (Å²) in [6.45, 7) is -0.0775. The quantitative estimate of drug-likeness (QED) is 0.436. The first kappa shape index (κ1) is 15.8. The lowest BCUT2D eigenvalue weighted by molar-refractivity contribution is -0.186. The SMILES string of the molecule is COC(=O)c1cccc2c1C(Br)N(C(=O)C(F)(F)F)CC2. The Morgan fingerprint density at radius 2 is 2.05 bits per heavy atom. The summed E-state index contributed by atoms with van der Waals surface area (Å²) in [6.07, 6.45) is -4.71. The first-order valence-corrected chi connectivity index (χ1v) is 6.91. The van der Waals surface area contributed by atoms with Gasteiger partial charge in [-0.05, 0) is 18.1 Å². The van der Waals surface area contributed by atoms with Crippen molar-refractivity contribution in [1.29, 1.82) is 0 Å². The van der Waals surface area contributed by atoms with Gasteiger partial charge in [-0.1, -0.05) is 28.1 Å². The number of amides is 1. The molecule has 0 aliphatic carbocycles. The van der Waals surface area contributed by atoms with Gasteiger partial charge in [0.2, 0.25) is 0 Å². The monoisotopic (exact) mass is 365 g/mol. The molecule has 8 heteroatoms. The minimum atomic E-state index is -4.95. The number of esters is 1. The molecular weight excluding hydrogens is 355 g/mol. The number of hydrogen-bond acceptors (Lipinski definition) is 3. The molecular formula is C13H11BrF3NO3. The van der Waals surface area contributed by atoms with Crippen molar-refractivity contribution in [3.05, 3.63) is 34.9 Å². The highest BCUT2D eigenvalue weighted by atomic mass is 79.9. The highest BCUT2D eigenvalue weighted by molar-refractivity contribution is 9.09. The van der Waals surface area contributed by atoms with E-state index in [-0.39, 0.29) is 18.5 Å². The average Bonchev–Trinajstić information content (AvgIpc) is 2.44. The lowest BCUT2D eigenvalue weighted by Crippen LogP contribution is -2.45. The van der Waals surface area contributed by atoms with E-state index in [1.807, 2.05) is 0 Å². The third-order valence-electron chi connectivity index (χ3n) is 3.24. The molecule has 4 nitrogen and oxygen atoms in total. The van der Waals surface area contributed by atoms with Crippen LogP contribution in [0.15, 0.2) is 18.2 Å². The molecule has 0 bridgehead atoms. The normalized spacial score (nSPS) is 18.1. The molecule has 0 saturated carbocycles. The van der Waals surface area contributed by atoms with Crippen LogP contribution < -0.4 is 0 Å². The van der Waals surface area contributed by atoms with Crippen LogP contribution in [0.3, 0.4) is 0 Å². The zero-order valence-corrected chi connectivity index (χ0v) is 12.5. The van der Waals surface area contributed by atoms with Crippen molar-refractivity contribution in [3.8, 4) is 0 Å². The highest BCUT2D eigenvalue weighted by Crippen LogP contribution is 2.39. The number of carbonyl (C=O) groups excluding carboxylic acids is 2. The Morgan fingerprint density at radius 1 is 1.38 bits per heavy atom. The van der Waals surface area contributed by atoms with Gasteiger partial charge in [0.1, 0.15) is 4.95 Å². The molecule has 1 aromatic rings. The van der Waals surface area contributed by atoms with Crippen LogP contribution in [0.25, 0.3) is 0 Å². The highest BCUT2D eigenvalue weighted by Gasteiger charge is 2.46. The second-order valence-corrected chi connectivity index (χ2v) is 5.32. The first-order valence-electron chi connectivity index (χ1n) is 5.99. The van der Waals surface area contributed by atoms with Crippen LogP contribution >= 0.6 is 15.9 Å². The lowest BCUT2D eigenvalue weighted by atomic mass is 9.94. The van der Waals surface area contributed by atoms with Crippen LogP contribution in [0, 0.1) is 0 Å². The number of ether oxygens (including phenoxy) is 1. The number of halogens is 4. The number of benzene rings is 1. The van der Waals surface area contributed by atoms with Gasteiger partial charge >= 0.3 is 18.1 Å². The predicted octanol–water partition coefficient (Wildman–Crippen LogP) is 2.81. The molecule has 1 heterocycles. The fourth-order valence-electron chi connectivity index (χ4n) is 2.28. The van der Waals surface area contributed by atoms with Crippen molar-refractivity contribution < 1.29 is 27.5 Å². The zero-order chi connectivity index (χ0) is 15.8. The molecule has 0 N–H and O–H groups in total. The van der Waals surface area contributed by atoms with E-state index in [0.717, 1.165) is 0 Å². The van der Waals surface area contributed by atoms with Crippen molar-refractivity contribution in [2.75, 3.05) is 13.7 Å². The van der Waals surface area contributed by atoms with Crippen LogP contribution in [-0.2, 0) is 16.0 Å². The van der Waals surface area contributed by atoms with Crippen LogP contribution in [0.4, 0.5) is 13.2 Å². The summed E-state index contributed by atoms with van der Waals surface area (Å²) in [5, 5.41) is 0. The maximum atomic E-state index is 12.6. The Morgan fingerprint density at radius 3 is 2.62 bits per heavy atom. The van der Waals surface area contributed by atoms with Gasteiger partial charge in [0.25, 0.3) is 0 Å².